The van der Waals surface area contributed by atoms with Crippen molar-refractivity contribution in [3.05, 3.63) is 0 Å². The van der Waals surface area contributed by atoms with Gasteiger partial charge in [0.25, 0.3) is 0 Å². The summed E-state index contributed by atoms with van der Waals surface area (Å²) in [6.07, 6.45) is 15.2. The third-order valence-electron chi connectivity index (χ3n) is 6.37. The van der Waals surface area contributed by atoms with E-state index in [1.807, 2.05) is 34.6 Å². The van der Waals surface area contributed by atoms with E-state index in [1.54, 1.807) is 0 Å². The zero-order valence-corrected chi connectivity index (χ0v) is 20.9. The summed E-state index contributed by atoms with van der Waals surface area (Å²) in [4.78, 5) is 25.6. The van der Waals surface area contributed by atoms with Gasteiger partial charge in [0.15, 0.2) is 5.41 Å². The van der Waals surface area contributed by atoms with Crippen LogP contribution in [0.15, 0.2) is 0 Å². The van der Waals surface area contributed by atoms with Crippen LogP contribution in [0.2, 0.25) is 0 Å². The molecular formula is C26H50O4. The van der Waals surface area contributed by atoms with Crippen molar-refractivity contribution in [2.75, 3.05) is 6.61 Å². The fourth-order valence-electron chi connectivity index (χ4n) is 3.92. The van der Waals surface area contributed by atoms with Crippen LogP contribution in [0.4, 0.5) is 0 Å². The van der Waals surface area contributed by atoms with Gasteiger partial charge in [-0.2, -0.15) is 0 Å². The number of hydrogen-bond donors (Lipinski definition) is 0. The second kappa shape index (κ2) is 17.6. The van der Waals surface area contributed by atoms with Crippen LogP contribution in [0.25, 0.3) is 0 Å². The molecule has 1 atom stereocenters. The van der Waals surface area contributed by atoms with E-state index in [2.05, 4.69) is 6.92 Å². The first-order valence-corrected chi connectivity index (χ1v) is 12.8. The number of hydrogen-bond acceptors (Lipinski definition) is 4. The van der Waals surface area contributed by atoms with Crippen molar-refractivity contribution in [3.63, 3.8) is 0 Å². The molecule has 0 heterocycles. The molecule has 0 amide bonds. The highest BCUT2D eigenvalue weighted by Crippen LogP contribution is 2.31. The van der Waals surface area contributed by atoms with E-state index in [9.17, 15) is 9.59 Å². The van der Waals surface area contributed by atoms with E-state index in [0.29, 0.717) is 19.4 Å². The Hall–Kier alpha value is -1.06. The monoisotopic (exact) mass is 426 g/mol. The van der Waals surface area contributed by atoms with Crippen LogP contribution >= 0.6 is 0 Å². The Bertz CT molecular complexity index is 440. The lowest BCUT2D eigenvalue weighted by Gasteiger charge is -2.30. The molecule has 0 spiro atoms. The Balaban J connectivity index is 4.18. The summed E-state index contributed by atoms with van der Waals surface area (Å²) in [6, 6.07) is 0. The SMILES string of the molecule is CCCCCCCCCCCCCOC(=O)C(CC)(CC)C(=O)OC(CC)C(C)C. The standard InChI is InChI=1S/C26H50O4/c1-7-11-12-13-14-15-16-17-18-19-20-21-29-24(27)26(9-3,10-4)25(28)30-23(8-2)22(5)6/h22-23H,7-21H2,1-6H3. The average molecular weight is 427 g/mol. The van der Waals surface area contributed by atoms with Crippen LogP contribution in [0.3, 0.4) is 0 Å². The smallest absolute Gasteiger partial charge is 0.323 e. The normalized spacial score (nSPS) is 12.8. The van der Waals surface area contributed by atoms with E-state index in [1.165, 1.54) is 57.8 Å². The van der Waals surface area contributed by atoms with E-state index in [0.717, 1.165) is 19.3 Å². The van der Waals surface area contributed by atoms with Crippen molar-refractivity contribution in [3.8, 4) is 0 Å². The first-order valence-electron chi connectivity index (χ1n) is 12.8. The Morgan fingerprint density at radius 3 is 1.57 bits per heavy atom. The minimum absolute atomic E-state index is 0.158. The summed E-state index contributed by atoms with van der Waals surface area (Å²) in [6.45, 7) is 12.4. The fraction of sp³-hybridized carbons (Fsp3) is 0.923. The number of ether oxygens (including phenoxy) is 2. The van der Waals surface area contributed by atoms with Crippen molar-refractivity contribution in [2.24, 2.45) is 11.3 Å². The lowest BCUT2D eigenvalue weighted by molar-refractivity contribution is -0.178. The molecule has 178 valence electrons. The second-order valence-electron chi connectivity index (χ2n) is 9.06. The molecule has 4 heteroatoms. The van der Waals surface area contributed by atoms with Crippen LogP contribution in [0, 0.1) is 11.3 Å². The zero-order chi connectivity index (χ0) is 22.8. The summed E-state index contributed by atoms with van der Waals surface area (Å²) in [5, 5.41) is 0. The largest absolute Gasteiger partial charge is 0.465 e. The highest BCUT2D eigenvalue weighted by atomic mass is 16.6. The molecule has 0 bridgehead atoms. The third kappa shape index (κ3) is 10.8. The summed E-state index contributed by atoms with van der Waals surface area (Å²) < 4.78 is 11.2. The van der Waals surface area contributed by atoms with Gasteiger partial charge < -0.3 is 9.47 Å². The number of unbranched alkanes of at least 4 members (excludes halogenated alkanes) is 10. The molecule has 0 aromatic carbocycles. The van der Waals surface area contributed by atoms with Crippen LogP contribution in [-0.4, -0.2) is 24.6 Å². The van der Waals surface area contributed by atoms with Gasteiger partial charge >= 0.3 is 11.9 Å². The summed E-state index contributed by atoms with van der Waals surface area (Å²) in [5.41, 5.74) is -1.17. The maximum Gasteiger partial charge on any atom is 0.323 e. The quantitative estimate of drug-likeness (QED) is 0.121. The van der Waals surface area contributed by atoms with Crippen molar-refractivity contribution in [2.45, 2.75) is 138 Å². The van der Waals surface area contributed by atoms with Crippen LogP contribution in [-0.2, 0) is 19.1 Å². The molecule has 30 heavy (non-hydrogen) atoms. The zero-order valence-electron chi connectivity index (χ0n) is 20.9. The van der Waals surface area contributed by atoms with Gasteiger partial charge in [0.2, 0.25) is 0 Å². The summed E-state index contributed by atoms with van der Waals surface area (Å²) in [7, 11) is 0. The van der Waals surface area contributed by atoms with Gasteiger partial charge in [-0.3, -0.25) is 9.59 Å². The Morgan fingerprint density at radius 1 is 0.700 bits per heavy atom. The fourth-order valence-corrected chi connectivity index (χ4v) is 3.92. The molecule has 0 saturated carbocycles. The highest BCUT2D eigenvalue weighted by molar-refractivity contribution is 6.00. The van der Waals surface area contributed by atoms with Crippen molar-refractivity contribution >= 4 is 11.9 Å². The van der Waals surface area contributed by atoms with Crippen LogP contribution in [0.1, 0.15) is 131 Å². The lowest BCUT2D eigenvalue weighted by Crippen LogP contribution is -2.43. The van der Waals surface area contributed by atoms with Crippen molar-refractivity contribution in [1.82, 2.24) is 0 Å². The van der Waals surface area contributed by atoms with Gasteiger partial charge in [0, 0.05) is 0 Å². The maximum absolute atomic E-state index is 12.8. The summed E-state index contributed by atoms with van der Waals surface area (Å²) in [5.74, 6) is -0.599. The Kier molecular flexibility index (Phi) is 17.0. The summed E-state index contributed by atoms with van der Waals surface area (Å²) >= 11 is 0. The molecule has 0 saturated heterocycles. The van der Waals surface area contributed by atoms with Crippen molar-refractivity contribution in [1.29, 1.82) is 0 Å². The van der Waals surface area contributed by atoms with Crippen LogP contribution < -0.4 is 0 Å². The first kappa shape index (κ1) is 28.9. The predicted molar refractivity (Wildman–Crippen MR) is 125 cm³/mol. The number of esters is 2. The number of rotatable bonds is 19. The maximum atomic E-state index is 12.8. The molecule has 0 aromatic rings. The molecule has 0 aliphatic carbocycles. The number of carbonyl (C=O) groups is 2. The lowest BCUT2D eigenvalue weighted by atomic mass is 9.82. The number of carbonyl (C=O) groups excluding carboxylic acids is 2. The Morgan fingerprint density at radius 2 is 1.17 bits per heavy atom. The molecule has 1 unspecified atom stereocenters. The molecule has 4 nitrogen and oxygen atoms in total. The molecule has 0 aromatic heterocycles. The third-order valence-corrected chi connectivity index (χ3v) is 6.37. The molecule has 0 aliphatic heterocycles. The van der Waals surface area contributed by atoms with Gasteiger partial charge in [-0.25, -0.2) is 0 Å². The first-order chi connectivity index (χ1) is 14.4. The van der Waals surface area contributed by atoms with Crippen LogP contribution in [0.5, 0.6) is 0 Å². The molecule has 0 fully saturated rings. The predicted octanol–water partition coefficient (Wildman–Crippen LogP) is 7.62. The molecule has 0 N–H and O–H groups in total. The van der Waals surface area contributed by atoms with Gasteiger partial charge in [-0.1, -0.05) is 106 Å². The van der Waals surface area contributed by atoms with Gasteiger partial charge in [-0.15, -0.1) is 0 Å². The van der Waals surface area contributed by atoms with Gasteiger partial charge in [0.05, 0.1) is 6.61 Å². The van der Waals surface area contributed by atoms with E-state index in [4.69, 9.17) is 9.47 Å². The molecule has 0 radical (unpaired) electrons. The second-order valence-corrected chi connectivity index (χ2v) is 9.06. The molecule has 0 rings (SSSR count). The topological polar surface area (TPSA) is 52.6 Å². The molecular weight excluding hydrogens is 376 g/mol. The van der Waals surface area contributed by atoms with E-state index < -0.39 is 17.4 Å². The van der Waals surface area contributed by atoms with E-state index in [-0.39, 0.29) is 12.0 Å². The molecule has 0 aliphatic rings. The van der Waals surface area contributed by atoms with E-state index >= 15 is 0 Å². The Labute approximate surface area is 186 Å². The van der Waals surface area contributed by atoms with Gasteiger partial charge in [0.1, 0.15) is 6.10 Å². The minimum atomic E-state index is -1.17. The van der Waals surface area contributed by atoms with Crippen molar-refractivity contribution < 1.29 is 19.1 Å². The highest BCUT2D eigenvalue weighted by Gasteiger charge is 2.46. The average Bonchev–Trinajstić information content (AvgIpc) is 2.73. The van der Waals surface area contributed by atoms with Gasteiger partial charge in [-0.05, 0) is 31.6 Å². The minimum Gasteiger partial charge on any atom is -0.465 e.